The van der Waals surface area contributed by atoms with Crippen molar-refractivity contribution in [1.29, 1.82) is 0 Å². The molecule has 77 valence electrons. The number of para-hydroxylation sites is 1. The van der Waals surface area contributed by atoms with Crippen LogP contribution in [0.3, 0.4) is 0 Å². The fourth-order valence-corrected chi connectivity index (χ4v) is 0.919. The predicted molar refractivity (Wildman–Crippen MR) is 60.7 cm³/mol. The summed E-state index contributed by atoms with van der Waals surface area (Å²) in [5, 5.41) is 3.97. The Hall–Kier alpha value is -1.24. The summed E-state index contributed by atoms with van der Waals surface area (Å²) in [7, 11) is 1.79. The second kappa shape index (κ2) is 9.32. The van der Waals surface area contributed by atoms with Gasteiger partial charge < -0.3 is 5.32 Å². The van der Waals surface area contributed by atoms with Gasteiger partial charge in [0.1, 0.15) is 0 Å². The molecule has 0 saturated carbocycles. The molecule has 0 aliphatic carbocycles. The van der Waals surface area contributed by atoms with Crippen molar-refractivity contribution in [2.75, 3.05) is 7.05 Å². The zero-order chi connectivity index (χ0) is 10.1. The maximum Gasteiger partial charge on any atom is 2.00 e. The molecule has 15 heavy (non-hydrogen) atoms. The third-order valence-corrected chi connectivity index (χ3v) is 1.62. The molecule has 0 aliphatic heterocycles. The maximum atomic E-state index is 3.97. The van der Waals surface area contributed by atoms with Crippen molar-refractivity contribution in [3.63, 3.8) is 0 Å². The summed E-state index contributed by atoms with van der Waals surface area (Å²) in [5.74, 6) is 0. The van der Waals surface area contributed by atoms with Crippen LogP contribution in [0.15, 0.2) is 60.7 Å². The van der Waals surface area contributed by atoms with E-state index < -0.39 is 0 Å². The zero-order valence-electron chi connectivity index (χ0n) is 8.60. The molecule has 0 unspecified atom stereocenters. The van der Waals surface area contributed by atoms with E-state index in [1.165, 1.54) is 0 Å². The number of rotatable bonds is 1. The van der Waals surface area contributed by atoms with Crippen molar-refractivity contribution in [2.24, 2.45) is 0 Å². The molecule has 1 nitrogen and oxygen atoms in total. The second-order valence-electron chi connectivity index (χ2n) is 2.64. The van der Waals surface area contributed by atoms with Gasteiger partial charge >= 0.3 is 17.1 Å². The smallest absolute Gasteiger partial charge is 0.687 e. The third-order valence-electron chi connectivity index (χ3n) is 1.62. The van der Waals surface area contributed by atoms with Crippen LogP contribution in [0.25, 0.3) is 5.32 Å². The normalized spacial score (nSPS) is 7.80. The first-order valence-electron chi connectivity index (χ1n) is 4.49. The fourth-order valence-electron chi connectivity index (χ4n) is 0.919. The number of hydrogen-bond acceptors (Lipinski definition) is 0. The maximum absolute atomic E-state index is 3.97. The predicted octanol–water partition coefficient (Wildman–Crippen LogP) is 3.81. The van der Waals surface area contributed by atoms with Gasteiger partial charge in [0.25, 0.3) is 0 Å². The van der Waals surface area contributed by atoms with Crippen LogP contribution in [0.2, 0.25) is 0 Å². The summed E-state index contributed by atoms with van der Waals surface area (Å²) in [6.07, 6.45) is 0. The molecule has 2 aromatic carbocycles. The average molecular weight is 238 g/mol. The van der Waals surface area contributed by atoms with Crippen LogP contribution in [-0.2, 0) is 17.1 Å². The van der Waals surface area contributed by atoms with Crippen molar-refractivity contribution >= 4 is 5.69 Å². The Morgan fingerprint density at radius 2 is 1.40 bits per heavy atom. The van der Waals surface area contributed by atoms with E-state index in [9.17, 15) is 0 Å². The first-order chi connectivity index (χ1) is 6.93. The average Bonchev–Trinajstić information content (AvgIpc) is 2.33. The van der Waals surface area contributed by atoms with Crippen LogP contribution < -0.4 is 0 Å². The van der Waals surface area contributed by atoms with Gasteiger partial charge in [-0.2, -0.15) is 36.4 Å². The molecule has 0 saturated heterocycles. The SMILES string of the molecule is C[N-]c1ccccc1.[Mn+2].[c-]1ccccc1. The fraction of sp³-hybridized carbons (Fsp3) is 0.0769. The molecular weight excluding hydrogens is 225 g/mol. The molecule has 0 N–H and O–H groups in total. The Labute approximate surface area is 102 Å². The number of nitrogens with zero attached hydrogens (tertiary/aromatic N) is 1. The van der Waals surface area contributed by atoms with E-state index in [2.05, 4.69) is 11.4 Å². The van der Waals surface area contributed by atoms with Crippen molar-refractivity contribution in [2.45, 2.75) is 0 Å². The van der Waals surface area contributed by atoms with E-state index in [0.717, 1.165) is 5.69 Å². The van der Waals surface area contributed by atoms with Gasteiger partial charge in [0.05, 0.1) is 0 Å². The van der Waals surface area contributed by atoms with Gasteiger partial charge in [-0.15, -0.1) is 12.7 Å². The molecule has 0 fully saturated rings. The Morgan fingerprint density at radius 3 is 1.67 bits per heavy atom. The molecule has 0 heterocycles. The molecule has 0 atom stereocenters. The minimum Gasteiger partial charge on any atom is -0.687 e. The molecule has 2 rings (SSSR count). The van der Waals surface area contributed by atoms with Crippen LogP contribution in [0.1, 0.15) is 0 Å². The van der Waals surface area contributed by atoms with Crippen molar-refractivity contribution < 1.29 is 17.1 Å². The number of benzene rings is 2. The van der Waals surface area contributed by atoms with E-state index in [-0.39, 0.29) is 17.1 Å². The van der Waals surface area contributed by atoms with Crippen LogP contribution in [-0.4, -0.2) is 7.05 Å². The van der Waals surface area contributed by atoms with Crippen LogP contribution in [0.4, 0.5) is 5.69 Å². The van der Waals surface area contributed by atoms with Gasteiger partial charge in [0.15, 0.2) is 0 Å². The molecule has 0 bridgehead atoms. The quantitative estimate of drug-likeness (QED) is 0.530. The standard InChI is InChI=1S/C7H8N.C6H5.Mn/c1-8-7-5-3-2-4-6-7;1-2-4-6-5-3-1;/h2-6H,1H3;1-5H;/q2*-1;+2. The van der Waals surface area contributed by atoms with E-state index in [1.54, 1.807) is 7.05 Å². The van der Waals surface area contributed by atoms with Gasteiger partial charge in [-0.3, -0.25) is 0 Å². The third kappa shape index (κ3) is 6.78. The first kappa shape index (κ1) is 13.8. The molecule has 2 heteroatoms. The van der Waals surface area contributed by atoms with Gasteiger partial charge in [-0.25, -0.2) is 0 Å². The van der Waals surface area contributed by atoms with Gasteiger partial charge in [-0.1, -0.05) is 30.3 Å². The molecule has 0 spiro atoms. The molecule has 0 amide bonds. The summed E-state index contributed by atoms with van der Waals surface area (Å²) in [5.41, 5.74) is 1.03. The first-order valence-corrected chi connectivity index (χ1v) is 4.49. The Kier molecular flexibility index (Phi) is 8.55. The van der Waals surface area contributed by atoms with Crippen LogP contribution >= 0.6 is 0 Å². The molecular formula is C13H13MnN. The summed E-state index contributed by atoms with van der Waals surface area (Å²) in [6.45, 7) is 0. The van der Waals surface area contributed by atoms with Gasteiger partial charge in [0.2, 0.25) is 0 Å². The topological polar surface area (TPSA) is 14.1 Å². The van der Waals surface area contributed by atoms with Crippen LogP contribution in [0, 0.1) is 6.07 Å². The van der Waals surface area contributed by atoms with Gasteiger partial charge in [0, 0.05) is 0 Å². The molecule has 0 aromatic heterocycles. The van der Waals surface area contributed by atoms with Gasteiger partial charge in [-0.05, 0) is 0 Å². The van der Waals surface area contributed by atoms with E-state index in [0.29, 0.717) is 0 Å². The number of hydrogen-bond donors (Lipinski definition) is 0. The second-order valence-corrected chi connectivity index (χ2v) is 2.64. The zero-order valence-corrected chi connectivity index (χ0v) is 9.78. The molecule has 1 radical (unpaired) electrons. The summed E-state index contributed by atoms with van der Waals surface area (Å²) in [4.78, 5) is 0. The minimum absolute atomic E-state index is 0. The van der Waals surface area contributed by atoms with E-state index in [4.69, 9.17) is 0 Å². The summed E-state index contributed by atoms with van der Waals surface area (Å²) < 4.78 is 0. The van der Waals surface area contributed by atoms with E-state index in [1.807, 2.05) is 60.7 Å². The Morgan fingerprint density at radius 1 is 0.867 bits per heavy atom. The molecule has 2 aromatic rings. The van der Waals surface area contributed by atoms with E-state index >= 15 is 0 Å². The Bertz CT molecular complexity index is 294. The largest absolute Gasteiger partial charge is 2.00 e. The van der Waals surface area contributed by atoms with Crippen molar-refractivity contribution in [3.05, 3.63) is 72.0 Å². The minimum atomic E-state index is 0. The summed E-state index contributed by atoms with van der Waals surface area (Å²) >= 11 is 0. The summed E-state index contributed by atoms with van der Waals surface area (Å²) in [6, 6.07) is 22.4. The molecule has 0 aliphatic rings. The van der Waals surface area contributed by atoms with Crippen LogP contribution in [0.5, 0.6) is 0 Å². The Balaban J connectivity index is 0.000000253. The monoisotopic (exact) mass is 238 g/mol. The van der Waals surface area contributed by atoms with Crippen molar-refractivity contribution in [3.8, 4) is 0 Å². The van der Waals surface area contributed by atoms with Crippen molar-refractivity contribution in [1.82, 2.24) is 0 Å².